The van der Waals surface area contributed by atoms with Crippen LogP contribution in [0, 0.1) is 11.5 Å². The number of Topliss-reactive ketones (excluding diaryl/α,β-unsaturated/α-hetero) is 1. The van der Waals surface area contributed by atoms with Gasteiger partial charge in [0.05, 0.1) is 0 Å². The molecule has 0 atom stereocenters. The van der Waals surface area contributed by atoms with Gasteiger partial charge in [0, 0.05) is 6.92 Å². The molecule has 1 nitrogen and oxygen atoms in total. The van der Waals surface area contributed by atoms with E-state index < -0.39 is 8.07 Å². The van der Waals surface area contributed by atoms with Crippen LogP contribution in [-0.2, 0) is 4.79 Å². The van der Waals surface area contributed by atoms with E-state index in [0.717, 1.165) is 0 Å². The van der Waals surface area contributed by atoms with E-state index in [0.29, 0.717) is 0 Å². The molecule has 0 saturated carbocycles. The molecule has 1 aromatic rings. The van der Waals surface area contributed by atoms with Gasteiger partial charge in [0.15, 0.2) is 8.07 Å². The molecule has 0 amide bonds. The van der Waals surface area contributed by atoms with Gasteiger partial charge >= 0.3 is 0 Å². The largest absolute Gasteiger partial charge is 0.285 e. The van der Waals surface area contributed by atoms with Gasteiger partial charge in [-0.1, -0.05) is 43.4 Å². The summed E-state index contributed by atoms with van der Waals surface area (Å²) in [5.41, 5.74) is 3.11. The van der Waals surface area contributed by atoms with E-state index in [1.807, 2.05) is 18.2 Å². The molecule has 72 valence electrons. The zero-order chi connectivity index (χ0) is 10.6. The van der Waals surface area contributed by atoms with Crippen molar-refractivity contribution in [3.05, 3.63) is 30.3 Å². The van der Waals surface area contributed by atoms with E-state index in [-0.39, 0.29) is 5.78 Å². The maximum absolute atomic E-state index is 10.8. The first-order valence-electron chi connectivity index (χ1n) is 4.61. The number of hydrogen-bond acceptors (Lipinski definition) is 1. The van der Waals surface area contributed by atoms with E-state index in [4.69, 9.17) is 0 Å². The maximum Gasteiger partial charge on any atom is 0.201 e. The van der Waals surface area contributed by atoms with E-state index in [1.165, 1.54) is 12.1 Å². The van der Waals surface area contributed by atoms with Crippen LogP contribution in [0.2, 0.25) is 13.1 Å². The van der Waals surface area contributed by atoms with Gasteiger partial charge in [0.25, 0.3) is 0 Å². The van der Waals surface area contributed by atoms with Gasteiger partial charge in [-0.25, -0.2) is 0 Å². The van der Waals surface area contributed by atoms with Crippen molar-refractivity contribution in [3.8, 4) is 11.5 Å². The van der Waals surface area contributed by atoms with Gasteiger partial charge in [-0.15, -0.1) is 5.54 Å². The Morgan fingerprint density at radius 3 is 2.29 bits per heavy atom. The maximum atomic E-state index is 10.8. The second kappa shape index (κ2) is 4.25. The second-order valence-electron chi connectivity index (χ2n) is 3.80. The Balaban J connectivity index is 2.99. The molecule has 2 heteroatoms. The monoisotopic (exact) mass is 202 g/mol. The van der Waals surface area contributed by atoms with Crippen molar-refractivity contribution < 1.29 is 4.79 Å². The van der Waals surface area contributed by atoms with Gasteiger partial charge in [-0.05, 0) is 11.1 Å². The fraction of sp³-hybridized carbons (Fsp3) is 0.250. The van der Waals surface area contributed by atoms with E-state index in [9.17, 15) is 4.79 Å². The van der Waals surface area contributed by atoms with Gasteiger partial charge in [0.1, 0.15) is 0 Å². The number of ketones is 1. The lowest BCUT2D eigenvalue weighted by molar-refractivity contribution is -0.111. The Labute approximate surface area is 86.2 Å². The molecule has 0 saturated heterocycles. The molecule has 1 rings (SSSR count). The molecule has 0 N–H and O–H groups in total. The van der Waals surface area contributed by atoms with Gasteiger partial charge in [-0.2, -0.15) is 0 Å². The van der Waals surface area contributed by atoms with Crippen LogP contribution < -0.4 is 5.19 Å². The minimum Gasteiger partial charge on any atom is -0.285 e. The van der Waals surface area contributed by atoms with E-state index in [1.54, 1.807) is 0 Å². The van der Waals surface area contributed by atoms with Crippen molar-refractivity contribution in [1.82, 2.24) is 0 Å². The predicted octanol–water partition coefficient (Wildman–Crippen LogP) is 1.73. The first kappa shape index (κ1) is 10.7. The minimum atomic E-state index is -1.72. The summed E-state index contributed by atoms with van der Waals surface area (Å²) in [6.07, 6.45) is 0. The average Bonchev–Trinajstić information content (AvgIpc) is 2.16. The molecule has 0 radical (unpaired) electrons. The number of benzene rings is 1. The van der Waals surface area contributed by atoms with E-state index in [2.05, 4.69) is 36.7 Å². The lowest BCUT2D eigenvalue weighted by atomic mass is 10.4. The zero-order valence-electron chi connectivity index (χ0n) is 8.79. The topological polar surface area (TPSA) is 17.1 Å². The molecule has 0 fully saturated rings. The number of hydrogen-bond donors (Lipinski definition) is 0. The molecule has 0 bridgehead atoms. The molecule has 0 heterocycles. The van der Waals surface area contributed by atoms with Crippen molar-refractivity contribution in [2.45, 2.75) is 20.0 Å². The molecule has 0 aliphatic heterocycles. The van der Waals surface area contributed by atoms with Crippen molar-refractivity contribution in [2.75, 3.05) is 0 Å². The fourth-order valence-corrected chi connectivity index (χ4v) is 2.83. The second-order valence-corrected chi connectivity index (χ2v) is 7.87. The van der Waals surface area contributed by atoms with Crippen LogP contribution in [-0.4, -0.2) is 13.9 Å². The Bertz CT molecular complexity index is 382. The highest BCUT2D eigenvalue weighted by molar-refractivity contribution is 6.96. The quantitative estimate of drug-likeness (QED) is 0.501. The highest BCUT2D eigenvalue weighted by Crippen LogP contribution is 2.00. The standard InChI is InChI=1S/C12H14OSi/c1-11(13)9-10-14(2,3)12-7-5-4-6-8-12/h4-8H,1-3H3. The molecule has 1 aromatic carbocycles. The Hall–Kier alpha value is -1.33. The van der Waals surface area contributed by atoms with Gasteiger partial charge in [0.2, 0.25) is 5.78 Å². The first-order valence-corrected chi connectivity index (χ1v) is 7.61. The summed E-state index contributed by atoms with van der Waals surface area (Å²) in [4.78, 5) is 10.8. The summed E-state index contributed by atoms with van der Waals surface area (Å²) < 4.78 is 0. The van der Waals surface area contributed by atoms with Crippen LogP contribution in [0.3, 0.4) is 0 Å². The highest BCUT2D eigenvalue weighted by Gasteiger charge is 2.20. The van der Waals surface area contributed by atoms with Gasteiger partial charge < -0.3 is 0 Å². The van der Waals surface area contributed by atoms with Crippen molar-refractivity contribution in [2.24, 2.45) is 0 Å². The van der Waals surface area contributed by atoms with E-state index >= 15 is 0 Å². The normalized spacial score (nSPS) is 10.2. The summed E-state index contributed by atoms with van der Waals surface area (Å²) in [6, 6.07) is 10.2. The lowest BCUT2D eigenvalue weighted by Crippen LogP contribution is -2.40. The lowest BCUT2D eigenvalue weighted by Gasteiger charge is -2.14. The summed E-state index contributed by atoms with van der Waals surface area (Å²) in [6.45, 7) is 5.80. The summed E-state index contributed by atoms with van der Waals surface area (Å²) >= 11 is 0. The molecule has 0 aliphatic rings. The third-order valence-corrected chi connectivity index (χ3v) is 4.57. The number of carbonyl (C=O) groups excluding carboxylic acids is 1. The summed E-state index contributed by atoms with van der Waals surface area (Å²) in [5.74, 6) is 2.60. The Morgan fingerprint density at radius 2 is 1.79 bits per heavy atom. The molecule has 0 spiro atoms. The van der Waals surface area contributed by atoms with Crippen LogP contribution in [0.5, 0.6) is 0 Å². The fourth-order valence-electron chi connectivity index (χ4n) is 1.17. The third-order valence-electron chi connectivity index (χ3n) is 2.05. The Morgan fingerprint density at radius 1 is 1.21 bits per heavy atom. The SMILES string of the molecule is CC(=O)C#C[Si](C)(C)c1ccccc1. The van der Waals surface area contributed by atoms with Crippen LogP contribution in [0.25, 0.3) is 0 Å². The molecule has 14 heavy (non-hydrogen) atoms. The van der Waals surface area contributed by atoms with Gasteiger partial charge in [-0.3, -0.25) is 4.79 Å². The van der Waals surface area contributed by atoms with Crippen LogP contribution in [0.1, 0.15) is 6.92 Å². The van der Waals surface area contributed by atoms with Crippen molar-refractivity contribution >= 4 is 19.0 Å². The first-order chi connectivity index (χ1) is 6.52. The van der Waals surface area contributed by atoms with Crippen molar-refractivity contribution in [3.63, 3.8) is 0 Å². The molecular formula is C12H14OSi. The molecule has 0 aromatic heterocycles. The molecular weight excluding hydrogens is 188 g/mol. The highest BCUT2D eigenvalue weighted by atomic mass is 28.3. The third kappa shape index (κ3) is 2.86. The summed E-state index contributed by atoms with van der Waals surface area (Å²) in [7, 11) is -1.72. The number of rotatable bonds is 1. The van der Waals surface area contributed by atoms with Crippen molar-refractivity contribution in [1.29, 1.82) is 0 Å². The van der Waals surface area contributed by atoms with Crippen LogP contribution in [0.15, 0.2) is 30.3 Å². The molecule has 0 aliphatic carbocycles. The summed E-state index contributed by atoms with van der Waals surface area (Å²) in [5, 5.41) is 1.27. The number of carbonyl (C=O) groups is 1. The van der Waals surface area contributed by atoms with Crippen LogP contribution >= 0.6 is 0 Å². The van der Waals surface area contributed by atoms with Crippen LogP contribution in [0.4, 0.5) is 0 Å². The smallest absolute Gasteiger partial charge is 0.201 e. The molecule has 0 unspecified atom stereocenters. The minimum absolute atomic E-state index is 0.0542. The average molecular weight is 202 g/mol. The predicted molar refractivity (Wildman–Crippen MR) is 62.0 cm³/mol. The Kier molecular flexibility index (Phi) is 3.26. The zero-order valence-corrected chi connectivity index (χ0v) is 9.79.